The Bertz CT molecular complexity index is 1150. The molecule has 0 aliphatic carbocycles. The van der Waals surface area contributed by atoms with Gasteiger partial charge in [-0.05, 0) is 26.3 Å². The van der Waals surface area contributed by atoms with E-state index < -0.39 is 0 Å². The highest BCUT2D eigenvalue weighted by Gasteiger charge is 2.19. The minimum atomic E-state index is -0.207. The van der Waals surface area contributed by atoms with Gasteiger partial charge in [-0.1, -0.05) is 54.1 Å². The van der Waals surface area contributed by atoms with Gasteiger partial charge in [0, 0.05) is 22.7 Å². The second-order valence-corrected chi connectivity index (χ2v) is 8.25. The highest BCUT2D eigenvalue weighted by Crippen LogP contribution is 2.31. The van der Waals surface area contributed by atoms with Crippen LogP contribution in [0, 0.1) is 20.8 Å². The molecular formula is C21H18N4OS2. The summed E-state index contributed by atoms with van der Waals surface area (Å²) in [6, 6.07) is 15.9. The van der Waals surface area contributed by atoms with Gasteiger partial charge in [-0.3, -0.25) is 10.1 Å². The molecule has 1 amide bonds. The summed E-state index contributed by atoms with van der Waals surface area (Å²) in [4.78, 5) is 22.4. The van der Waals surface area contributed by atoms with Crippen molar-refractivity contribution in [1.82, 2.24) is 14.3 Å². The fraction of sp³-hybridized carbons (Fsp3) is 0.143. The number of benzene rings is 2. The molecule has 7 heteroatoms. The largest absolute Gasteiger partial charge is 0.296 e. The molecule has 5 nitrogen and oxygen atoms in total. The van der Waals surface area contributed by atoms with Gasteiger partial charge < -0.3 is 0 Å². The molecule has 140 valence electrons. The lowest BCUT2D eigenvalue weighted by molar-refractivity contribution is 0.103. The van der Waals surface area contributed by atoms with Crippen molar-refractivity contribution in [3.63, 3.8) is 0 Å². The van der Waals surface area contributed by atoms with Crippen LogP contribution in [0.25, 0.3) is 22.0 Å². The third-order valence-corrected chi connectivity index (χ3v) is 6.11. The van der Waals surface area contributed by atoms with Crippen LogP contribution in [0.2, 0.25) is 0 Å². The van der Waals surface area contributed by atoms with E-state index >= 15 is 0 Å². The number of thiazole rings is 1. The quantitative estimate of drug-likeness (QED) is 0.485. The van der Waals surface area contributed by atoms with E-state index in [9.17, 15) is 4.79 Å². The SMILES string of the molecule is Cc1ccc(-c2nc(C)c(C(=O)Nc3nc(-c4ccccc4)ns3)s2)c(C)c1. The van der Waals surface area contributed by atoms with E-state index in [0.717, 1.165) is 21.7 Å². The predicted octanol–water partition coefficient (Wildman–Crippen LogP) is 5.51. The average Bonchev–Trinajstić information content (AvgIpc) is 3.29. The standard InChI is InChI=1S/C21H18N4OS2/c1-12-9-10-16(13(2)11-12)20-22-14(3)17(27-20)19(26)24-21-23-18(25-28-21)15-7-5-4-6-8-15/h4-11H,1-3H3,(H,23,24,25,26). The van der Waals surface area contributed by atoms with Crippen molar-refractivity contribution in [2.75, 3.05) is 5.32 Å². The van der Waals surface area contributed by atoms with Crippen LogP contribution in [0.3, 0.4) is 0 Å². The molecule has 0 spiro atoms. The number of nitrogens with one attached hydrogen (secondary N) is 1. The highest BCUT2D eigenvalue weighted by atomic mass is 32.1. The van der Waals surface area contributed by atoms with Gasteiger partial charge in [0.2, 0.25) is 5.13 Å². The van der Waals surface area contributed by atoms with E-state index in [-0.39, 0.29) is 5.91 Å². The zero-order valence-electron chi connectivity index (χ0n) is 15.7. The molecule has 2 heterocycles. The number of carbonyl (C=O) groups is 1. The first kappa shape index (κ1) is 18.5. The Morgan fingerprint density at radius 1 is 1.00 bits per heavy atom. The van der Waals surface area contributed by atoms with E-state index in [4.69, 9.17) is 0 Å². The molecule has 0 aliphatic rings. The number of hydrogen-bond donors (Lipinski definition) is 1. The number of carbonyl (C=O) groups excluding carboxylic acids is 1. The van der Waals surface area contributed by atoms with Crippen LogP contribution in [0.15, 0.2) is 48.5 Å². The molecule has 1 N–H and O–H groups in total. The molecule has 0 fully saturated rings. The molecule has 0 saturated heterocycles. The van der Waals surface area contributed by atoms with Gasteiger partial charge in [-0.15, -0.1) is 11.3 Å². The van der Waals surface area contributed by atoms with Gasteiger partial charge >= 0.3 is 0 Å². The molecule has 2 aromatic carbocycles. The third kappa shape index (κ3) is 3.72. The van der Waals surface area contributed by atoms with E-state index in [1.165, 1.54) is 28.4 Å². The van der Waals surface area contributed by atoms with Crippen molar-refractivity contribution in [3.05, 3.63) is 70.2 Å². The molecule has 0 saturated carbocycles. The Morgan fingerprint density at radius 3 is 2.54 bits per heavy atom. The maximum atomic E-state index is 12.8. The lowest BCUT2D eigenvalue weighted by Crippen LogP contribution is -2.11. The number of nitrogens with zero attached hydrogens (tertiary/aromatic N) is 3. The van der Waals surface area contributed by atoms with Crippen LogP contribution < -0.4 is 5.32 Å². The van der Waals surface area contributed by atoms with Crippen LogP contribution in [0.5, 0.6) is 0 Å². The highest BCUT2D eigenvalue weighted by molar-refractivity contribution is 7.17. The first-order valence-corrected chi connectivity index (χ1v) is 10.4. The summed E-state index contributed by atoms with van der Waals surface area (Å²) < 4.78 is 4.33. The summed E-state index contributed by atoms with van der Waals surface area (Å²) in [5.41, 5.74) is 5.05. The smallest absolute Gasteiger partial charge is 0.269 e. The van der Waals surface area contributed by atoms with Gasteiger partial charge in [0.25, 0.3) is 5.91 Å². The monoisotopic (exact) mass is 406 g/mol. The Balaban J connectivity index is 1.56. The van der Waals surface area contributed by atoms with Gasteiger partial charge in [0.05, 0.1) is 5.69 Å². The Labute approximate surface area is 171 Å². The van der Waals surface area contributed by atoms with Gasteiger partial charge in [0.15, 0.2) is 5.82 Å². The number of aryl methyl sites for hydroxylation is 3. The first-order valence-electron chi connectivity index (χ1n) is 8.77. The van der Waals surface area contributed by atoms with Crippen LogP contribution in [-0.4, -0.2) is 20.2 Å². The maximum absolute atomic E-state index is 12.8. The van der Waals surface area contributed by atoms with E-state index in [1.807, 2.05) is 37.3 Å². The first-order chi connectivity index (χ1) is 13.5. The molecule has 0 radical (unpaired) electrons. The molecule has 0 atom stereocenters. The molecule has 0 unspecified atom stereocenters. The van der Waals surface area contributed by atoms with Gasteiger partial charge in [0.1, 0.15) is 9.88 Å². The summed E-state index contributed by atoms with van der Waals surface area (Å²) in [5.74, 6) is 0.402. The van der Waals surface area contributed by atoms with E-state index in [2.05, 4.69) is 51.7 Å². The molecule has 0 bridgehead atoms. The van der Waals surface area contributed by atoms with E-state index in [0.29, 0.717) is 21.5 Å². The molecule has 28 heavy (non-hydrogen) atoms. The Morgan fingerprint density at radius 2 is 1.79 bits per heavy atom. The fourth-order valence-corrected chi connectivity index (χ4v) is 4.55. The van der Waals surface area contributed by atoms with Crippen molar-refractivity contribution in [1.29, 1.82) is 0 Å². The van der Waals surface area contributed by atoms with E-state index in [1.54, 1.807) is 0 Å². The van der Waals surface area contributed by atoms with Crippen molar-refractivity contribution < 1.29 is 4.79 Å². The number of anilines is 1. The Kier molecular flexibility index (Phi) is 5.02. The molecule has 0 aliphatic heterocycles. The second kappa shape index (κ2) is 7.61. The summed E-state index contributed by atoms with van der Waals surface area (Å²) in [7, 11) is 0. The van der Waals surface area contributed by atoms with Crippen molar-refractivity contribution in [2.45, 2.75) is 20.8 Å². The second-order valence-electron chi connectivity index (χ2n) is 6.50. The number of rotatable bonds is 4. The Hall–Kier alpha value is -2.90. The van der Waals surface area contributed by atoms with Crippen LogP contribution in [0.4, 0.5) is 5.13 Å². The van der Waals surface area contributed by atoms with Gasteiger partial charge in [-0.2, -0.15) is 9.36 Å². The topological polar surface area (TPSA) is 67.8 Å². The summed E-state index contributed by atoms with van der Waals surface area (Å²) in [6.45, 7) is 5.98. The molecule has 4 aromatic rings. The van der Waals surface area contributed by atoms with Crippen LogP contribution in [0.1, 0.15) is 26.5 Å². The molecule has 4 rings (SSSR count). The zero-order chi connectivity index (χ0) is 19.7. The van der Waals surface area contributed by atoms with Crippen molar-refractivity contribution in [3.8, 4) is 22.0 Å². The van der Waals surface area contributed by atoms with Crippen molar-refractivity contribution >= 4 is 33.9 Å². The number of aromatic nitrogens is 3. The number of hydrogen-bond acceptors (Lipinski definition) is 6. The molecular weight excluding hydrogens is 388 g/mol. The maximum Gasteiger partial charge on any atom is 0.269 e. The fourth-order valence-electron chi connectivity index (χ4n) is 2.91. The third-order valence-electron chi connectivity index (χ3n) is 4.29. The zero-order valence-corrected chi connectivity index (χ0v) is 17.3. The predicted molar refractivity (Wildman–Crippen MR) is 115 cm³/mol. The normalized spacial score (nSPS) is 10.8. The van der Waals surface area contributed by atoms with Crippen LogP contribution >= 0.6 is 22.9 Å². The van der Waals surface area contributed by atoms with Gasteiger partial charge in [-0.25, -0.2) is 4.98 Å². The van der Waals surface area contributed by atoms with Crippen LogP contribution in [-0.2, 0) is 0 Å². The summed E-state index contributed by atoms with van der Waals surface area (Å²) in [6.07, 6.45) is 0. The average molecular weight is 407 g/mol. The lowest BCUT2D eigenvalue weighted by atomic mass is 10.1. The summed E-state index contributed by atoms with van der Waals surface area (Å²) >= 11 is 2.57. The molecule has 2 aromatic heterocycles. The summed E-state index contributed by atoms with van der Waals surface area (Å²) in [5, 5.41) is 4.18. The number of amides is 1. The minimum absolute atomic E-state index is 0.207. The minimum Gasteiger partial charge on any atom is -0.296 e. The van der Waals surface area contributed by atoms with Crippen molar-refractivity contribution in [2.24, 2.45) is 0 Å². The lowest BCUT2D eigenvalue weighted by Gasteiger charge is -2.03.